The third-order valence-electron chi connectivity index (χ3n) is 11.6. The van der Waals surface area contributed by atoms with Crippen LogP contribution in [0, 0.1) is 0 Å². The maximum Gasteiger partial charge on any atom is 0.252 e. The van der Waals surface area contributed by atoms with Crippen LogP contribution in [-0.4, -0.2) is 6.71 Å². The fraction of sp³-hybridized carbons (Fsp3) is 0. The van der Waals surface area contributed by atoms with E-state index in [1.807, 2.05) is 0 Å². The number of benzene rings is 9. The quantitative estimate of drug-likeness (QED) is 0.158. The summed E-state index contributed by atoms with van der Waals surface area (Å²) in [5, 5.41) is 0. The summed E-state index contributed by atoms with van der Waals surface area (Å²) in [4.78, 5) is 5.01. The minimum atomic E-state index is 0.0167. The van der Waals surface area contributed by atoms with Crippen LogP contribution in [-0.2, 0) is 0 Å². The summed E-state index contributed by atoms with van der Waals surface area (Å²) in [5.41, 5.74) is 20.6. The van der Waals surface area contributed by atoms with Crippen molar-refractivity contribution in [3.05, 3.63) is 224 Å². The maximum atomic E-state index is 2.52. The summed E-state index contributed by atoms with van der Waals surface area (Å²) in [5.74, 6) is 0. The standard InChI is InChI=1S/C54H37BN2/c1-6-18-38(19-7-1)42-30-33-51-49(34-42)55-48-28-16-17-29-50(48)57(45-31-32-46(40-22-10-3-11-23-40)47(37-45)41-24-12-4-13-25-41)53-36-43(39-20-8-2-9-21-39)35-52(54(53)55)56(51)44-26-14-5-15-27-44/h1-37H. The SMILES string of the molecule is c1ccc(-c2ccc3c(c2)B2c4ccccc4N(c4ccc(-c5ccccc5)c(-c5ccccc5)c4)c4cc(-c5ccccc5)cc(c42)N3c2ccccc2)cc1. The Bertz CT molecular complexity index is 2890. The van der Waals surface area contributed by atoms with Crippen molar-refractivity contribution < 1.29 is 0 Å². The van der Waals surface area contributed by atoms with Crippen LogP contribution in [0.2, 0.25) is 0 Å². The molecule has 3 heteroatoms. The molecule has 0 saturated heterocycles. The summed E-state index contributed by atoms with van der Waals surface area (Å²) in [6, 6.07) is 82.0. The van der Waals surface area contributed by atoms with Gasteiger partial charge in [-0.1, -0.05) is 176 Å². The fourth-order valence-electron chi connectivity index (χ4n) is 9.09. The number of para-hydroxylation sites is 2. The second-order valence-electron chi connectivity index (χ2n) is 14.9. The van der Waals surface area contributed by atoms with Crippen molar-refractivity contribution in [1.82, 2.24) is 0 Å². The van der Waals surface area contributed by atoms with Gasteiger partial charge in [0.1, 0.15) is 0 Å². The van der Waals surface area contributed by atoms with Crippen molar-refractivity contribution in [3.8, 4) is 44.5 Å². The Hall–Kier alpha value is -7.36. The lowest BCUT2D eigenvalue weighted by atomic mass is 9.33. The summed E-state index contributed by atoms with van der Waals surface area (Å²) in [7, 11) is 0. The number of rotatable bonds is 6. The molecular formula is C54H37BN2. The van der Waals surface area contributed by atoms with E-state index in [2.05, 4.69) is 234 Å². The van der Waals surface area contributed by atoms with E-state index in [1.165, 1.54) is 83.6 Å². The molecule has 0 aliphatic carbocycles. The Morgan fingerprint density at radius 3 is 1.39 bits per heavy atom. The van der Waals surface area contributed by atoms with Crippen molar-refractivity contribution in [3.63, 3.8) is 0 Å². The summed E-state index contributed by atoms with van der Waals surface area (Å²) >= 11 is 0. The molecule has 0 spiro atoms. The first-order valence-corrected chi connectivity index (χ1v) is 19.7. The predicted octanol–water partition coefficient (Wildman–Crippen LogP) is 12.4. The molecule has 0 atom stereocenters. The first-order chi connectivity index (χ1) is 28.3. The van der Waals surface area contributed by atoms with Gasteiger partial charge in [0.25, 0.3) is 6.71 Å². The molecule has 0 saturated carbocycles. The van der Waals surface area contributed by atoms with Crippen molar-refractivity contribution in [2.75, 3.05) is 9.80 Å². The van der Waals surface area contributed by atoms with E-state index in [0.717, 1.165) is 11.4 Å². The van der Waals surface area contributed by atoms with Gasteiger partial charge in [-0.05, 0) is 109 Å². The van der Waals surface area contributed by atoms with Gasteiger partial charge >= 0.3 is 0 Å². The van der Waals surface area contributed by atoms with Gasteiger partial charge in [-0.3, -0.25) is 0 Å². The molecule has 0 unspecified atom stereocenters. The van der Waals surface area contributed by atoms with Crippen LogP contribution in [0.3, 0.4) is 0 Å². The molecule has 0 amide bonds. The molecule has 0 aromatic heterocycles. The molecule has 2 aliphatic rings. The summed E-state index contributed by atoms with van der Waals surface area (Å²) in [6.07, 6.45) is 0. The van der Waals surface area contributed by atoms with E-state index in [9.17, 15) is 0 Å². The number of hydrogen-bond donors (Lipinski definition) is 0. The Labute approximate surface area is 334 Å². The van der Waals surface area contributed by atoms with E-state index in [4.69, 9.17) is 0 Å². The fourth-order valence-corrected chi connectivity index (χ4v) is 9.09. The van der Waals surface area contributed by atoms with Crippen molar-refractivity contribution >= 4 is 57.2 Å². The lowest BCUT2D eigenvalue weighted by Crippen LogP contribution is -2.61. The first kappa shape index (κ1) is 33.0. The zero-order chi connectivity index (χ0) is 37.7. The Morgan fingerprint density at radius 1 is 0.263 bits per heavy atom. The van der Waals surface area contributed by atoms with Gasteiger partial charge in [-0.15, -0.1) is 0 Å². The Morgan fingerprint density at radius 2 is 0.754 bits per heavy atom. The highest BCUT2D eigenvalue weighted by Gasteiger charge is 2.43. The Balaban J connectivity index is 1.22. The van der Waals surface area contributed by atoms with Gasteiger partial charge in [0, 0.05) is 34.1 Å². The molecule has 266 valence electrons. The Kier molecular flexibility index (Phi) is 7.96. The van der Waals surface area contributed by atoms with Gasteiger partial charge < -0.3 is 9.80 Å². The van der Waals surface area contributed by atoms with Gasteiger partial charge in [0.2, 0.25) is 0 Å². The highest BCUT2D eigenvalue weighted by Crippen LogP contribution is 2.47. The van der Waals surface area contributed by atoms with Crippen LogP contribution in [0.25, 0.3) is 44.5 Å². The second kappa shape index (κ2) is 13.7. The lowest BCUT2D eigenvalue weighted by Gasteiger charge is -2.44. The molecule has 2 nitrogen and oxygen atoms in total. The molecule has 0 fully saturated rings. The van der Waals surface area contributed by atoms with Crippen molar-refractivity contribution in [2.24, 2.45) is 0 Å². The average Bonchev–Trinajstić information content (AvgIpc) is 3.30. The predicted molar refractivity (Wildman–Crippen MR) is 242 cm³/mol. The number of fused-ring (bicyclic) bond motifs is 4. The number of anilines is 6. The molecular weight excluding hydrogens is 687 g/mol. The molecule has 0 radical (unpaired) electrons. The van der Waals surface area contributed by atoms with Crippen LogP contribution < -0.4 is 26.2 Å². The second-order valence-corrected chi connectivity index (χ2v) is 14.9. The van der Waals surface area contributed by atoms with Gasteiger partial charge in [0.05, 0.1) is 0 Å². The average molecular weight is 725 g/mol. The minimum Gasteiger partial charge on any atom is -0.311 e. The van der Waals surface area contributed by atoms with E-state index in [-0.39, 0.29) is 6.71 Å². The van der Waals surface area contributed by atoms with Gasteiger partial charge in [0.15, 0.2) is 0 Å². The number of nitrogens with zero attached hydrogens (tertiary/aromatic N) is 2. The molecule has 2 heterocycles. The van der Waals surface area contributed by atoms with Gasteiger partial charge in [-0.25, -0.2) is 0 Å². The third kappa shape index (κ3) is 5.59. The molecule has 11 rings (SSSR count). The third-order valence-corrected chi connectivity index (χ3v) is 11.6. The lowest BCUT2D eigenvalue weighted by molar-refractivity contribution is 1.25. The minimum absolute atomic E-state index is 0.0167. The highest BCUT2D eigenvalue weighted by atomic mass is 15.2. The van der Waals surface area contributed by atoms with Crippen LogP contribution in [0.5, 0.6) is 0 Å². The zero-order valence-corrected chi connectivity index (χ0v) is 31.3. The monoisotopic (exact) mass is 724 g/mol. The summed E-state index contributed by atoms with van der Waals surface area (Å²) < 4.78 is 0. The van der Waals surface area contributed by atoms with Gasteiger partial charge in [-0.2, -0.15) is 0 Å². The number of hydrogen-bond acceptors (Lipinski definition) is 2. The molecule has 9 aromatic rings. The molecule has 0 N–H and O–H groups in total. The van der Waals surface area contributed by atoms with E-state index >= 15 is 0 Å². The van der Waals surface area contributed by atoms with Crippen LogP contribution in [0.15, 0.2) is 224 Å². The van der Waals surface area contributed by atoms with Crippen LogP contribution >= 0.6 is 0 Å². The summed E-state index contributed by atoms with van der Waals surface area (Å²) in [6.45, 7) is 0.0167. The highest BCUT2D eigenvalue weighted by molar-refractivity contribution is 7.00. The molecule has 2 aliphatic heterocycles. The zero-order valence-electron chi connectivity index (χ0n) is 31.3. The van der Waals surface area contributed by atoms with Crippen molar-refractivity contribution in [1.29, 1.82) is 0 Å². The largest absolute Gasteiger partial charge is 0.311 e. The topological polar surface area (TPSA) is 6.48 Å². The van der Waals surface area contributed by atoms with E-state index in [1.54, 1.807) is 0 Å². The molecule has 0 bridgehead atoms. The normalized spacial score (nSPS) is 12.5. The molecule has 57 heavy (non-hydrogen) atoms. The molecule has 9 aromatic carbocycles. The maximum absolute atomic E-state index is 2.52. The van der Waals surface area contributed by atoms with Crippen LogP contribution in [0.1, 0.15) is 0 Å². The van der Waals surface area contributed by atoms with E-state index in [0.29, 0.717) is 0 Å². The van der Waals surface area contributed by atoms with E-state index < -0.39 is 0 Å². The smallest absolute Gasteiger partial charge is 0.252 e. The van der Waals surface area contributed by atoms with Crippen molar-refractivity contribution in [2.45, 2.75) is 0 Å². The van der Waals surface area contributed by atoms with Crippen LogP contribution in [0.4, 0.5) is 34.1 Å². The first-order valence-electron chi connectivity index (χ1n) is 19.7.